The van der Waals surface area contributed by atoms with E-state index < -0.39 is 0 Å². The molecule has 0 saturated carbocycles. The predicted octanol–water partition coefficient (Wildman–Crippen LogP) is 5.46. The molecule has 2 nitrogen and oxygen atoms in total. The Bertz CT molecular complexity index is 746. The van der Waals surface area contributed by atoms with E-state index in [1.807, 2.05) is 0 Å². The molecule has 0 aliphatic carbocycles. The molecule has 3 aromatic rings. The Morgan fingerprint density at radius 3 is 2.86 bits per heavy atom. The van der Waals surface area contributed by atoms with Gasteiger partial charge in [-0.3, -0.25) is 0 Å². The summed E-state index contributed by atoms with van der Waals surface area (Å²) in [4.78, 5) is 1.34. The number of hydrogen-bond donors (Lipinski definition) is 1. The van der Waals surface area contributed by atoms with E-state index in [2.05, 4.69) is 70.8 Å². The van der Waals surface area contributed by atoms with Crippen molar-refractivity contribution in [2.75, 3.05) is 6.54 Å². The first-order valence-corrected chi connectivity index (χ1v) is 8.80. The minimum absolute atomic E-state index is 0.206. The van der Waals surface area contributed by atoms with E-state index in [9.17, 15) is 0 Å². The molecule has 0 bridgehead atoms. The number of nitrogens with one attached hydrogen (secondary N) is 1. The van der Waals surface area contributed by atoms with Gasteiger partial charge in [-0.25, -0.2) is 0 Å². The number of thiophene rings is 1. The van der Waals surface area contributed by atoms with Gasteiger partial charge in [0.15, 0.2) is 0 Å². The summed E-state index contributed by atoms with van der Waals surface area (Å²) in [5, 5.41) is 6.83. The van der Waals surface area contributed by atoms with Gasteiger partial charge in [-0.1, -0.05) is 18.6 Å². The molecule has 1 aromatic carbocycles. The zero-order valence-corrected chi connectivity index (χ0v) is 14.6. The number of fused-ring (bicyclic) bond motifs is 1. The number of aryl methyl sites for hydroxylation is 1. The average molecular weight is 364 g/mol. The predicted molar refractivity (Wildman–Crippen MR) is 93.1 cm³/mol. The minimum Gasteiger partial charge on any atom is -0.459 e. The van der Waals surface area contributed by atoms with E-state index >= 15 is 0 Å². The molecule has 2 heterocycles. The summed E-state index contributed by atoms with van der Waals surface area (Å²) < 4.78 is 7.24. The van der Waals surface area contributed by atoms with Crippen molar-refractivity contribution in [2.45, 2.75) is 26.3 Å². The number of halogens is 1. The maximum Gasteiger partial charge on any atom is 0.134 e. The van der Waals surface area contributed by atoms with Gasteiger partial charge in [0, 0.05) is 21.2 Å². The van der Waals surface area contributed by atoms with Crippen molar-refractivity contribution in [2.24, 2.45) is 0 Å². The van der Waals surface area contributed by atoms with Crippen LogP contribution in [0.5, 0.6) is 0 Å². The first-order valence-electron chi connectivity index (χ1n) is 7.12. The van der Waals surface area contributed by atoms with Crippen LogP contribution in [0.4, 0.5) is 0 Å². The lowest BCUT2D eigenvalue weighted by atomic mass is 10.1. The number of likely N-dealkylation sites (N-methyl/N-ethyl adjacent to an activating group) is 1. The molecule has 1 N–H and O–H groups in total. The highest BCUT2D eigenvalue weighted by atomic mass is 79.9. The zero-order chi connectivity index (χ0) is 14.8. The van der Waals surface area contributed by atoms with Crippen molar-refractivity contribution in [1.82, 2.24) is 5.32 Å². The van der Waals surface area contributed by atoms with Crippen LogP contribution in [0.2, 0.25) is 0 Å². The van der Waals surface area contributed by atoms with Gasteiger partial charge in [-0.15, -0.1) is 11.3 Å². The van der Waals surface area contributed by atoms with Crippen molar-refractivity contribution in [1.29, 1.82) is 0 Å². The fraction of sp³-hybridized carbons (Fsp3) is 0.294. The van der Waals surface area contributed by atoms with Gasteiger partial charge in [0.05, 0.1) is 6.04 Å². The molecule has 21 heavy (non-hydrogen) atoms. The summed E-state index contributed by atoms with van der Waals surface area (Å²) in [5.41, 5.74) is 2.22. The second-order valence-corrected chi connectivity index (χ2v) is 7.05. The molecule has 0 aliphatic heterocycles. The third kappa shape index (κ3) is 3.23. The second kappa shape index (κ2) is 6.34. The van der Waals surface area contributed by atoms with Crippen LogP contribution in [-0.2, 0) is 6.42 Å². The highest BCUT2D eigenvalue weighted by molar-refractivity contribution is 9.10. The fourth-order valence-corrected chi connectivity index (χ4v) is 4.09. The number of hydrogen-bond acceptors (Lipinski definition) is 3. The Morgan fingerprint density at radius 2 is 2.14 bits per heavy atom. The van der Waals surface area contributed by atoms with Gasteiger partial charge in [-0.2, -0.15) is 0 Å². The lowest BCUT2D eigenvalue weighted by Gasteiger charge is -2.14. The summed E-state index contributed by atoms with van der Waals surface area (Å²) in [6.45, 7) is 5.16. The summed E-state index contributed by atoms with van der Waals surface area (Å²) in [5.74, 6) is 1.01. The van der Waals surface area contributed by atoms with Crippen LogP contribution in [-0.4, -0.2) is 6.54 Å². The van der Waals surface area contributed by atoms with Crippen LogP contribution in [0.25, 0.3) is 11.0 Å². The van der Waals surface area contributed by atoms with Gasteiger partial charge < -0.3 is 9.73 Å². The van der Waals surface area contributed by atoms with Crippen LogP contribution in [0, 0.1) is 6.92 Å². The Balaban J connectivity index is 1.93. The van der Waals surface area contributed by atoms with Crippen LogP contribution < -0.4 is 5.32 Å². The van der Waals surface area contributed by atoms with Crippen molar-refractivity contribution < 1.29 is 4.42 Å². The fourth-order valence-electron chi connectivity index (χ4n) is 2.53. The van der Waals surface area contributed by atoms with Crippen molar-refractivity contribution in [3.05, 3.63) is 56.4 Å². The van der Waals surface area contributed by atoms with Gasteiger partial charge in [0.25, 0.3) is 0 Å². The molecule has 0 spiro atoms. The number of rotatable bonds is 5. The molecule has 0 aliphatic rings. The lowest BCUT2D eigenvalue weighted by molar-refractivity contribution is 0.436. The first-order chi connectivity index (χ1) is 10.2. The summed E-state index contributed by atoms with van der Waals surface area (Å²) in [6, 6.07) is 10.8. The largest absolute Gasteiger partial charge is 0.459 e. The second-order valence-electron chi connectivity index (χ2n) is 5.20. The van der Waals surface area contributed by atoms with E-state index in [0.717, 1.165) is 24.3 Å². The highest BCUT2D eigenvalue weighted by Crippen LogP contribution is 2.31. The molecule has 0 radical (unpaired) electrons. The molecule has 4 heteroatoms. The Hall–Kier alpha value is -1.10. The van der Waals surface area contributed by atoms with Crippen LogP contribution in [0.3, 0.4) is 0 Å². The molecule has 1 unspecified atom stereocenters. The summed E-state index contributed by atoms with van der Waals surface area (Å²) >= 11 is 5.39. The number of furan rings is 1. The SMILES string of the molecule is CCNC(Cc1sccc1Br)c1cc2cc(C)ccc2o1. The summed E-state index contributed by atoms with van der Waals surface area (Å²) in [7, 11) is 0. The third-order valence-electron chi connectivity index (χ3n) is 3.57. The maximum atomic E-state index is 6.05. The van der Waals surface area contributed by atoms with E-state index in [1.165, 1.54) is 20.3 Å². The van der Waals surface area contributed by atoms with E-state index in [-0.39, 0.29) is 6.04 Å². The number of benzene rings is 1. The van der Waals surface area contributed by atoms with Gasteiger partial charge >= 0.3 is 0 Å². The quantitative estimate of drug-likeness (QED) is 0.650. The van der Waals surface area contributed by atoms with Crippen molar-refractivity contribution >= 4 is 38.2 Å². The third-order valence-corrected chi connectivity index (χ3v) is 5.51. The first kappa shape index (κ1) is 14.8. The van der Waals surface area contributed by atoms with E-state index in [4.69, 9.17) is 4.42 Å². The monoisotopic (exact) mass is 363 g/mol. The molecule has 110 valence electrons. The molecular formula is C17H18BrNOS. The van der Waals surface area contributed by atoms with Gasteiger partial charge in [-0.05, 0) is 59.0 Å². The zero-order valence-electron chi connectivity index (χ0n) is 12.2. The highest BCUT2D eigenvalue weighted by Gasteiger charge is 2.18. The van der Waals surface area contributed by atoms with Gasteiger partial charge in [0.1, 0.15) is 11.3 Å². The lowest BCUT2D eigenvalue weighted by Crippen LogP contribution is -2.22. The average Bonchev–Trinajstić information content (AvgIpc) is 3.04. The molecule has 2 aromatic heterocycles. The Kier molecular flexibility index (Phi) is 4.48. The summed E-state index contributed by atoms with van der Waals surface area (Å²) in [6.07, 6.45) is 0.935. The van der Waals surface area contributed by atoms with E-state index in [0.29, 0.717) is 0 Å². The molecular weight excluding hydrogens is 346 g/mol. The van der Waals surface area contributed by atoms with Crippen molar-refractivity contribution in [3.63, 3.8) is 0 Å². The molecule has 1 atom stereocenters. The minimum atomic E-state index is 0.206. The standard InChI is InChI=1S/C17H18BrNOS/c1-3-19-14(10-17-13(18)6-7-21-17)16-9-12-8-11(2)4-5-15(12)20-16/h4-9,14,19H,3,10H2,1-2H3. The maximum absolute atomic E-state index is 6.05. The van der Waals surface area contributed by atoms with E-state index in [1.54, 1.807) is 11.3 Å². The normalized spacial score (nSPS) is 12.9. The molecule has 3 rings (SSSR count). The Labute approximate surface area is 137 Å². The Morgan fingerprint density at radius 1 is 1.29 bits per heavy atom. The smallest absolute Gasteiger partial charge is 0.134 e. The molecule has 0 amide bonds. The topological polar surface area (TPSA) is 25.2 Å². The van der Waals surface area contributed by atoms with Crippen LogP contribution >= 0.6 is 27.3 Å². The van der Waals surface area contributed by atoms with Crippen LogP contribution in [0.15, 0.2) is 44.6 Å². The molecule has 0 saturated heterocycles. The van der Waals surface area contributed by atoms with Crippen LogP contribution in [0.1, 0.15) is 29.2 Å². The van der Waals surface area contributed by atoms with Crippen molar-refractivity contribution in [3.8, 4) is 0 Å². The van der Waals surface area contributed by atoms with Gasteiger partial charge in [0.2, 0.25) is 0 Å². The molecule has 0 fully saturated rings.